The maximum Gasteiger partial charge on any atom is 0.407 e. The van der Waals surface area contributed by atoms with Crippen LogP contribution in [0, 0.1) is 0 Å². The van der Waals surface area contributed by atoms with E-state index in [1.54, 1.807) is 13.2 Å². The fourth-order valence-electron chi connectivity index (χ4n) is 2.25. The third kappa shape index (κ3) is 8.92. The van der Waals surface area contributed by atoms with Crippen molar-refractivity contribution in [2.75, 3.05) is 26.0 Å². The van der Waals surface area contributed by atoms with Crippen molar-refractivity contribution in [1.29, 1.82) is 0 Å². The molecule has 0 saturated carbocycles. The molecule has 0 spiro atoms. The minimum atomic E-state index is -3.07. The molecule has 1 rings (SSSR count). The van der Waals surface area contributed by atoms with Gasteiger partial charge in [0.15, 0.2) is 9.84 Å². The maximum atomic E-state index is 11.5. The van der Waals surface area contributed by atoms with Crippen LogP contribution in [0.2, 0.25) is 0 Å². The number of rotatable bonds is 8. The summed E-state index contributed by atoms with van der Waals surface area (Å²) in [4.78, 5) is 11.5. The van der Waals surface area contributed by atoms with Crippen LogP contribution in [0.1, 0.15) is 33.6 Å². The molecule has 134 valence electrons. The van der Waals surface area contributed by atoms with Gasteiger partial charge in [-0.15, -0.1) is 0 Å². The van der Waals surface area contributed by atoms with E-state index in [0.717, 1.165) is 12.8 Å². The molecular weight excluding hydrogens is 320 g/mol. The van der Waals surface area contributed by atoms with E-state index in [1.165, 1.54) is 5.41 Å². The summed E-state index contributed by atoms with van der Waals surface area (Å²) < 4.78 is 33.1. The zero-order valence-electron chi connectivity index (χ0n) is 14.3. The van der Waals surface area contributed by atoms with Gasteiger partial charge in [-0.3, -0.25) is 0 Å². The summed E-state index contributed by atoms with van der Waals surface area (Å²) in [6, 6.07) is -0.151. The first kappa shape index (κ1) is 19.9. The summed E-state index contributed by atoms with van der Waals surface area (Å²) in [5.41, 5.74) is -0.509. The summed E-state index contributed by atoms with van der Waals surface area (Å²) in [5, 5.41) is 7.22. The molecule has 0 saturated heterocycles. The van der Waals surface area contributed by atoms with Gasteiger partial charge in [0.25, 0.3) is 0 Å². The normalized spacial score (nSPS) is 21.1. The quantitative estimate of drug-likeness (QED) is 0.640. The topological polar surface area (TPSA) is 93.7 Å². The van der Waals surface area contributed by atoms with Crippen molar-refractivity contribution in [3.05, 3.63) is 11.5 Å². The minimum absolute atomic E-state index is 0.0309. The van der Waals surface area contributed by atoms with Gasteiger partial charge in [-0.1, -0.05) is 6.08 Å². The van der Waals surface area contributed by atoms with E-state index in [9.17, 15) is 13.2 Å². The van der Waals surface area contributed by atoms with Gasteiger partial charge in [-0.05, 0) is 33.6 Å². The largest absolute Gasteiger partial charge is 0.444 e. The molecule has 0 fully saturated rings. The Hall–Kier alpha value is -1.12. The van der Waals surface area contributed by atoms with Crippen molar-refractivity contribution in [2.45, 2.75) is 51.3 Å². The molecular formula is C15H28N2O5S. The summed E-state index contributed by atoms with van der Waals surface area (Å²) in [5.74, 6) is 0.0867. The number of alkyl carbamates (subject to hydrolysis) is 1. The highest BCUT2D eigenvalue weighted by Gasteiger charge is 2.24. The lowest BCUT2D eigenvalue weighted by molar-refractivity contribution is 0.0526. The van der Waals surface area contributed by atoms with E-state index in [4.69, 9.17) is 9.47 Å². The molecule has 2 atom stereocenters. The van der Waals surface area contributed by atoms with E-state index in [-0.39, 0.29) is 17.8 Å². The average molecular weight is 348 g/mol. The fourth-order valence-corrected chi connectivity index (χ4v) is 3.50. The summed E-state index contributed by atoms with van der Waals surface area (Å²) >= 11 is 0. The zero-order valence-corrected chi connectivity index (χ0v) is 15.1. The number of carbonyl (C=O) groups is 1. The van der Waals surface area contributed by atoms with Crippen molar-refractivity contribution in [1.82, 2.24) is 10.6 Å². The number of hydrogen-bond acceptors (Lipinski definition) is 6. The van der Waals surface area contributed by atoms with Crippen LogP contribution >= 0.6 is 0 Å². The standard InChI is InChI=1S/C15H28N2O5S/c1-15(2,3)22-14(18)16-8-5-6-12(10-21-4)17-13-7-9-23(19,20)11-13/h7,9,12-13,17H,5-6,8,10-11H2,1-4H3,(H,16,18). The van der Waals surface area contributed by atoms with Crippen LogP contribution in [0.25, 0.3) is 0 Å². The summed E-state index contributed by atoms with van der Waals surface area (Å²) in [6.45, 7) is 6.42. The average Bonchev–Trinajstić information content (AvgIpc) is 2.72. The van der Waals surface area contributed by atoms with Gasteiger partial charge in [0.2, 0.25) is 0 Å². The van der Waals surface area contributed by atoms with Crippen LogP contribution < -0.4 is 10.6 Å². The van der Waals surface area contributed by atoms with Crippen molar-refractivity contribution in [3.8, 4) is 0 Å². The van der Waals surface area contributed by atoms with Gasteiger partial charge in [-0.2, -0.15) is 0 Å². The van der Waals surface area contributed by atoms with E-state index in [2.05, 4.69) is 10.6 Å². The lowest BCUT2D eigenvalue weighted by atomic mass is 10.1. The highest BCUT2D eigenvalue weighted by atomic mass is 32.2. The van der Waals surface area contributed by atoms with Crippen LogP contribution in [-0.2, 0) is 19.3 Å². The maximum absolute atomic E-state index is 11.5. The van der Waals surface area contributed by atoms with Crippen LogP contribution in [0.15, 0.2) is 11.5 Å². The Morgan fingerprint density at radius 2 is 2.09 bits per heavy atom. The molecule has 0 aromatic rings. The van der Waals surface area contributed by atoms with Crippen LogP contribution in [0.5, 0.6) is 0 Å². The molecule has 0 radical (unpaired) electrons. The van der Waals surface area contributed by atoms with Gasteiger partial charge in [0, 0.05) is 31.1 Å². The zero-order chi connectivity index (χ0) is 17.5. The van der Waals surface area contributed by atoms with Gasteiger partial charge < -0.3 is 20.1 Å². The second kappa shape index (κ2) is 8.65. The smallest absolute Gasteiger partial charge is 0.407 e. The van der Waals surface area contributed by atoms with E-state index < -0.39 is 21.5 Å². The van der Waals surface area contributed by atoms with Crippen LogP contribution in [0.4, 0.5) is 4.79 Å². The molecule has 1 amide bonds. The Kier molecular flexibility index (Phi) is 7.50. The summed E-state index contributed by atoms with van der Waals surface area (Å²) in [7, 11) is -1.46. The van der Waals surface area contributed by atoms with Crippen molar-refractivity contribution in [2.24, 2.45) is 0 Å². The molecule has 8 heteroatoms. The number of sulfone groups is 1. The number of nitrogens with one attached hydrogen (secondary N) is 2. The molecule has 23 heavy (non-hydrogen) atoms. The molecule has 0 aromatic heterocycles. The molecule has 1 aliphatic rings. The first-order valence-corrected chi connectivity index (χ1v) is 9.45. The predicted octanol–water partition coefficient (Wildman–Crippen LogP) is 1.21. The summed E-state index contributed by atoms with van der Waals surface area (Å²) in [6.07, 6.45) is 2.73. The second-order valence-corrected chi connectivity index (χ2v) is 8.59. The molecule has 7 nitrogen and oxygen atoms in total. The van der Waals surface area contributed by atoms with Crippen molar-refractivity contribution >= 4 is 15.9 Å². The highest BCUT2D eigenvalue weighted by molar-refractivity contribution is 7.94. The van der Waals surface area contributed by atoms with E-state index >= 15 is 0 Å². The Morgan fingerprint density at radius 3 is 2.61 bits per heavy atom. The third-order valence-electron chi connectivity index (χ3n) is 3.15. The SMILES string of the molecule is COCC(CCCNC(=O)OC(C)(C)C)NC1C=CS(=O)(=O)C1. The van der Waals surface area contributed by atoms with Gasteiger partial charge in [0.05, 0.1) is 12.4 Å². The van der Waals surface area contributed by atoms with Crippen molar-refractivity contribution in [3.63, 3.8) is 0 Å². The molecule has 0 bridgehead atoms. The Morgan fingerprint density at radius 1 is 1.39 bits per heavy atom. The first-order chi connectivity index (χ1) is 10.6. The van der Waals surface area contributed by atoms with E-state index in [0.29, 0.717) is 13.2 Å². The number of methoxy groups -OCH3 is 1. The third-order valence-corrected chi connectivity index (χ3v) is 4.54. The lowest BCUT2D eigenvalue weighted by Crippen LogP contribution is -2.42. The number of carbonyl (C=O) groups excluding carboxylic acids is 1. The Labute approximate surface area is 138 Å². The van der Waals surface area contributed by atoms with Crippen LogP contribution in [-0.4, -0.2) is 58.2 Å². The molecule has 1 heterocycles. The molecule has 0 aromatic carbocycles. The molecule has 2 unspecified atom stereocenters. The highest BCUT2D eigenvalue weighted by Crippen LogP contribution is 2.10. The number of ether oxygens (including phenoxy) is 2. The van der Waals surface area contributed by atoms with E-state index in [1.807, 2.05) is 20.8 Å². The number of hydrogen-bond donors (Lipinski definition) is 2. The fraction of sp³-hybridized carbons (Fsp3) is 0.800. The Bertz CT molecular complexity index is 510. The first-order valence-electron chi connectivity index (χ1n) is 7.74. The van der Waals surface area contributed by atoms with Crippen molar-refractivity contribution < 1.29 is 22.7 Å². The van der Waals surface area contributed by atoms with Gasteiger partial charge in [-0.25, -0.2) is 13.2 Å². The lowest BCUT2D eigenvalue weighted by Gasteiger charge is -2.22. The van der Waals surface area contributed by atoms with Crippen LogP contribution in [0.3, 0.4) is 0 Å². The second-order valence-electron chi connectivity index (χ2n) is 6.65. The molecule has 0 aliphatic carbocycles. The molecule has 1 aliphatic heterocycles. The molecule has 2 N–H and O–H groups in total. The number of amides is 1. The van der Waals surface area contributed by atoms with Gasteiger partial charge in [0.1, 0.15) is 5.60 Å². The Balaban J connectivity index is 2.29. The van der Waals surface area contributed by atoms with Gasteiger partial charge >= 0.3 is 6.09 Å². The predicted molar refractivity (Wildman–Crippen MR) is 89.0 cm³/mol. The minimum Gasteiger partial charge on any atom is -0.444 e. The monoisotopic (exact) mass is 348 g/mol.